The van der Waals surface area contributed by atoms with E-state index in [0.29, 0.717) is 5.56 Å². The summed E-state index contributed by atoms with van der Waals surface area (Å²) >= 11 is 17.3. The number of carbonyl (C=O) groups excluding carboxylic acids is 1. The van der Waals surface area contributed by atoms with Crippen molar-refractivity contribution in [2.24, 2.45) is 0 Å². The van der Waals surface area contributed by atoms with Crippen molar-refractivity contribution in [1.82, 2.24) is 4.98 Å². The van der Waals surface area contributed by atoms with Crippen LogP contribution in [0.2, 0.25) is 15.3 Å². The molecule has 7 heteroatoms. The van der Waals surface area contributed by atoms with E-state index in [1.54, 1.807) is 13.0 Å². The molecule has 3 nitrogen and oxygen atoms in total. The molecule has 1 aromatic carbocycles. The molecule has 0 aliphatic rings. The first kappa shape index (κ1) is 15.0. The molecular formula is C13H8Cl3FN2O. The molecule has 0 atom stereocenters. The highest BCUT2D eigenvalue weighted by Gasteiger charge is 2.16. The Hall–Kier alpha value is -1.36. The number of aromatic nitrogens is 1. The molecule has 0 saturated carbocycles. The topological polar surface area (TPSA) is 42.0 Å². The number of carbonyl (C=O) groups is 1. The van der Waals surface area contributed by atoms with Gasteiger partial charge in [-0.2, -0.15) is 0 Å². The molecule has 0 aliphatic heterocycles. The first-order chi connectivity index (χ1) is 9.38. The van der Waals surface area contributed by atoms with Crippen molar-refractivity contribution in [2.75, 3.05) is 5.32 Å². The number of halogens is 4. The van der Waals surface area contributed by atoms with Crippen LogP contribution in [0.3, 0.4) is 0 Å². The third kappa shape index (κ3) is 3.20. The van der Waals surface area contributed by atoms with E-state index in [2.05, 4.69) is 10.3 Å². The number of nitrogens with one attached hydrogen (secondary N) is 1. The van der Waals surface area contributed by atoms with Crippen LogP contribution in [0.1, 0.15) is 15.9 Å². The molecule has 1 heterocycles. The second kappa shape index (κ2) is 5.95. The van der Waals surface area contributed by atoms with Crippen molar-refractivity contribution in [3.05, 3.63) is 56.5 Å². The molecule has 2 aromatic rings. The van der Waals surface area contributed by atoms with E-state index in [4.69, 9.17) is 34.8 Å². The minimum atomic E-state index is -0.717. The Morgan fingerprint density at radius 2 is 1.95 bits per heavy atom. The van der Waals surface area contributed by atoms with Crippen LogP contribution in [0.4, 0.5) is 10.1 Å². The average Bonchev–Trinajstić information content (AvgIpc) is 2.33. The summed E-state index contributed by atoms with van der Waals surface area (Å²) in [6.07, 6.45) is 0. The molecule has 2 rings (SSSR count). The summed E-state index contributed by atoms with van der Waals surface area (Å²) in [4.78, 5) is 15.8. The van der Waals surface area contributed by atoms with Gasteiger partial charge in [-0.05, 0) is 36.8 Å². The molecule has 0 aliphatic carbocycles. The first-order valence-electron chi connectivity index (χ1n) is 5.47. The van der Waals surface area contributed by atoms with Crippen molar-refractivity contribution in [2.45, 2.75) is 6.92 Å². The lowest BCUT2D eigenvalue weighted by atomic mass is 10.2. The SMILES string of the molecule is Cc1cc(Cl)nc(Cl)c1NC(=O)c1ccc(Cl)cc1F. The smallest absolute Gasteiger partial charge is 0.258 e. The van der Waals surface area contributed by atoms with Gasteiger partial charge in [-0.3, -0.25) is 4.79 Å². The van der Waals surface area contributed by atoms with E-state index < -0.39 is 11.7 Å². The predicted molar refractivity (Wildman–Crippen MR) is 78.4 cm³/mol. The second-order valence-corrected chi connectivity index (χ2v) is 5.19. The zero-order valence-corrected chi connectivity index (χ0v) is 12.4. The van der Waals surface area contributed by atoms with Gasteiger partial charge in [-0.1, -0.05) is 34.8 Å². The van der Waals surface area contributed by atoms with Crippen molar-refractivity contribution >= 4 is 46.4 Å². The number of anilines is 1. The molecule has 0 bridgehead atoms. The molecular weight excluding hydrogens is 326 g/mol. The van der Waals surface area contributed by atoms with Crippen molar-refractivity contribution < 1.29 is 9.18 Å². The standard InChI is InChI=1S/C13H8Cl3FN2O/c1-6-4-10(15)18-12(16)11(6)19-13(20)8-3-2-7(14)5-9(8)17/h2-5H,1H3,(H,19,20). The molecule has 0 spiro atoms. The molecule has 0 radical (unpaired) electrons. The van der Waals surface area contributed by atoms with Crippen LogP contribution in [0.15, 0.2) is 24.3 Å². The number of rotatable bonds is 2. The van der Waals surface area contributed by atoms with Crippen LogP contribution < -0.4 is 5.32 Å². The first-order valence-corrected chi connectivity index (χ1v) is 6.61. The Labute approximate surface area is 129 Å². The van der Waals surface area contributed by atoms with Crippen LogP contribution in [0.25, 0.3) is 0 Å². The Bertz CT molecular complexity index is 668. The van der Waals surface area contributed by atoms with Gasteiger partial charge >= 0.3 is 0 Å². The third-order valence-corrected chi connectivity index (χ3v) is 3.26. The lowest BCUT2D eigenvalue weighted by molar-refractivity contribution is 0.102. The second-order valence-electron chi connectivity index (χ2n) is 4.01. The maximum Gasteiger partial charge on any atom is 0.258 e. The summed E-state index contributed by atoms with van der Waals surface area (Å²) in [5.74, 6) is -1.36. The third-order valence-electron chi connectivity index (χ3n) is 2.56. The maximum absolute atomic E-state index is 13.7. The fourth-order valence-electron chi connectivity index (χ4n) is 1.60. The van der Waals surface area contributed by atoms with Gasteiger partial charge in [0.05, 0.1) is 11.3 Å². The fourth-order valence-corrected chi connectivity index (χ4v) is 2.34. The van der Waals surface area contributed by atoms with Gasteiger partial charge in [0.1, 0.15) is 11.0 Å². The maximum atomic E-state index is 13.7. The van der Waals surface area contributed by atoms with Crippen molar-refractivity contribution in [3.8, 4) is 0 Å². The number of nitrogens with zero attached hydrogens (tertiary/aromatic N) is 1. The Balaban J connectivity index is 2.33. The van der Waals surface area contributed by atoms with E-state index in [-0.39, 0.29) is 26.6 Å². The van der Waals surface area contributed by atoms with Crippen molar-refractivity contribution in [3.63, 3.8) is 0 Å². The highest BCUT2D eigenvalue weighted by Crippen LogP contribution is 2.27. The number of benzene rings is 1. The molecule has 0 fully saturated rings. The summed E-state index contributed by atoms with van der Waals surface area (Å²) in [7, 11) is 0. The van der Waals surface area contributed by atoms with E-state index in [0.717, 1.165) is 6.07 Å². The molecule has 1 amide bonds. The molecule has 104 valence electrons. The largest absolute Gasteiger partial charge is 0.319 e. The zero-order valence-electron chi connectivity index (χ0n) is 10.2. The number of amides is 1. The lowest BCUT2D eigenvalue weighted by Gasteiger charge is -2.10. The fraction of sp³-hybridized carbons (Fsp3) is 0.0769. The van der Waals surface area contributed by atoms with Gasteiger partial charge in [0, 0.05) is 5.02 Å². The molecule has 0 saturated heterocycles. The lowest BCUT2D eigenvalue weighted by Crippen LogP contribution is -2.15. The van der Waals surface area contributed by atoms with E-state index >= 15 is 0 Å². The van der Waals surface area contributed by atoms with Crippen LogP contribution >= 0.6 is 34.8 Å². The van der Waals surface area contributed by atoms with Crippen LogP contribution in [0, 0.1) is 12.7 Å². The zero-order chi connectivity index (χ0) is 14.9. The Morgan fingerprint density at radius 1 is 1.25 bits per heavy atom. The minimum absolute atomic E-state index is 0.0396. The highest BCUT2D eigenvalue weighted by molar-refractivity contribution is 6.35. The summed E-state index contributed by atoms with van der Waals surface area (Å²) in [6.45, 7) is 1.70. The number of pyridine rings is 1. The van der Waals surface area contributed by atoms with Crippen molar-refractivity contribution in [1.29, 1.82) is 0 Å². The van der Waals surface area contributed by atoms with Gasteiger partial charge < -0.3 is 5.32 Å². The highest BCUT2D eigenvalue weighted by atomic mass is 35.5. The molecule has 0 unspecified atom stereocenters. The number of hydrogen-bond donors (Lipinski definition) is 1. The monoisotopic (exact) mass is 332 g/mol. The number of aryl methyl sites for hydroxylation is 1. The van der Waals surface area contributed by atoms with Gasteiger partial charge in [0.15, 0.2) is 5.15 Å². The van der Waals surface area contributed by atoms with E-state index in [1.807, 2.05) is 0 Å². The van der Waals surface area contributed by atoms with Gasteiger partial charge in [0.2, 0.25) is 0 Å². The summed E-state index contributed by atoms with van der Waals surface area (Å²) < 4.78 is 13.7. The van der Waals surface area contributed by atoms with Gasteiger partial charge in [-0.25, -0.2) is 9.37 Å². The molecule has 1 N–H and O–H groups in total. The van der Waals surface area contributed by atoms with E-state index in [1.165, 1.54) is 12.1 Å². The molecule has 20 heavy (non-hydrogen) atoms. The predicted octanol–water partition coefficient (Wildman–Crippen LogP) is 4.74. The quantitative estimate of drug-likeness (QED) is 0.806. The van der Waals surface area contributed by atoms with Crippen LogP contribution in [-0.4, -0.2) is 10.9 Å². The van der Waals surface area contributed by atoms with Crippen LogP contribution in [0.5, 0.6) is 0 Å². The summed E-state index contributed by atoms with van der Waals surface area (Å²) in [6, 6.07) is 5.32. The molecule has 1 aromatic heterocycles. The normalized spacial score (nSPS) is 10.4. The number of hydrogen-bond acceptors (Lipinski definition) is 2. The van der Waals surface area contributed by atoms with Crippen LogP contribution in [-0.2, 0) is 0 Å². The van der Waals surface area contributed by atoms with Gasteiger partial charge in [0.25, 0.3) is 5.91 Å². The summed E-state index contributed by atoms with van der Waals surface area (Å²) in [5, 5.41) is 2.97. The summed E-state index contributed by atoms with van der Waals surface area (Å²) in [5.41, 5.74) is 0.771. The minimum Gasteiger partial charge on any atom is -0.319 e. The average molecular weight is 334 g/mol. The van der Waals surface area contributed by atoms with Gasteiger partial charge in [-0.15, -0.1) is 0 Å². The Kier molecular flexibility index (Phi) is 4.48. The van der Waals surface area contributed by atoms with E-state index in [9.17, 15) is 9.18 Å². The Morgan fingerprint density at radius 3 is 2.55 bits per heavy atom.